The minimum absolute atomic E-state index is 0.124. The van der Waals surface area contributed by atoms with Gasteiger partial charge in [-0.1, -0.05) is 6.07 Å². The molecule has 0 amide bonds. The number of aliphatic hydroxyl groups is 1. The van der Waals surface area contributed by atoms with Gasteiger partial charge in [0.2, 0.25) is 0 Å². The molecule has 2 aromatic rings. The molecule has 0 bridgehead atoms. The predicted octanol–water partition coefficient (Wildman–Crippen LogP) is 1.14. The van der Waals surface area contributed by atoms with Crippen molar-refractivity contribution in [3.8, 4) is 17.2 Å². The quantitative estimate of drug-likeness (QED) is 0.471. The molecule has 8 heteroatoms. The number of hydrogen-bond acceptors (Lipinski definition) is 6. The first kappa shape index (κ1) is 19.2. The van der Waals surface area contributed by atoms with Crippen LogP contribution in [0.2, 0.25) is 0 Å². The average molecular weight is 371 g/mol. The second kappa shape index (κ2) is 8.00. The first-order chi connectivity index (χ1) is 12.9. The third-order valence-electron chi connectivity index (χ3n) is 4.30. The predicted molar refractivity (Wildman–Crippen MR) is 101 cm³/mol. The molecule has 3 rings (SSSR count). The lowest BCUT2D eigenvalue weighted by molar-refractivity contribution is -0.170. The van der Waals surface area contributed by atoms with Crippen molar-refractivity contribution in [2.75, 3.05) is 13.2 Å². The topological polar surface area (TPSA) is 111 Å². The van der Waals surface area contributed by atoms with Crippen LogP contribution in [0.15, 0.2) is 36.4 Å². The van der Waals surface area contributed by atoms with Crippen LogP contribution in [0, 0.1) is 6.92 Å². The molecule has 2 aromatic carbocycles. The van der Waals surface area contributed by atoms with Crippen LogP contribution in [-0.4, -0.2) is 36.8 Å². The monoisotopic (exact) mass is 371 g/mol. The van der Waals surface area contributed by atoms with E-state index in [2.05, 4.69) is 0 Å². The maximum absolute atomic E-state index is 11.0. The van der Waals surface area contributed by atoms with Gasteiger partial charge in [0, 0.05) is 11.6 Å². The molecule has 0 aromatic heterocycles. The van der Waals surface area contributed by atoms with E-state index in [1.54, 1.807) is 25.1 Å². The second-order valence-electron chi connectivity index (χ2n) is 6.49. The fraction of sp³-hybridized carbons (Fsp3) is 0.316. The number of aliphatic carboxylic acids is 1. The maximum Gasteiger partial charge on any atom is 0.313 e. The van der Waals surface area contributed by atoms with Crippen molar-refractivity contribution >= 4 is 18.9 Å². The van der Waals surface area contributed by atoms with Gasteiger partial charge >= 0.3 is 13.5 Å². The van der Waals surface area contributed by atoms with Crippen LogP contribution >= 0.6 is 0 Å². The third-order valence-corrected chi connectivity index (χ3v) is 4.30. The molecule has 0 saturated carbocycles. The molecule has 0 spiro atoms. The van der Waals surface area contributed by atoms with E-state index in [0.717, 1.165) is 6.42 Å². The Morgan fingerprint density at radius 2 is 2.04 bits per heavy atom. The highest BCUT2D eigenvalue weighted by atomic mass is 16.6. The van der Waals surface area contributed by atoms with Gasteiger partial charge in [-0.15, -0.1) is 0 Å². The van der Waals surface area contributed by atoms with Gasteiger partial charge in [0.05, 0.1) is 6.61 Å². The lowest BCUT2D eigenvalue weighted by Gasteiger charge is -2.24. The summed E-state index contributed by atoms with van der Waals surface area (Å²) in [6.07, 6.45) is 0.261. The van der Waals surface area contributed by atoms with E-state index in [4.69, 9.17) is 25.0 Å². The van der Waals surface area contributed by atoms with Crippen LogP contribution in [0.3, 0.4) is 0 Å². The number of carbonyl (C=O) groups is 1. The number of aryl methyl sites for hydroxylation is 1. The Morgan fingerprint density at radius 3 is 2.78 bits per heavy atom. The van der Waals surface area contributed by atoms with E-state index in [1.807, 2.05) is 18.2 Å². The van der Waals surface area contributed by atoms with Gasteiger partial charge in [-0.3, -0.25) is 4.79 Å². The largest absolute Gasteiger partial charge is 0.493 e. The normalized spacial score (nSPS) is 17.9. The van der Waals surface area contributed by atoms with Crippen molar-refractivity contribution in [1.29, 1.82) is 0 Å². The first-order valence-electron chi connectivity index (χ1n) is 8.74. The van der Waals surface area contributed by atoms with Gasteiger partial charge < -0.3 is 30.1 Å². The molecule has 4 N–H and O–H groups in total. The summed E-state index contributed by atoms with van der Waals surface area (Å²) in [7, 11) is 0.124. The van der Waals surface area contributed by atoms with Crippen LogP contribution in [0.1, 0.15) is 24.0 Å². The number of ether oxygens (including phenoxy) is 2. The van der Waals surface area contributed by atoms with Gasteiger partial charge in [0.1, 0.15) is 23.7 Å². The van der Waals surface area contributed by atoms with Crippen molar-refractivity contribution in [1.82, 2.24) is 0 Å². The minimum atomic E-state index is -1.81. The van der Waals surface area contributed by atoms with Crippen LogP contribution in [0.25, 0.3) is 0 Å². The second-order valence-corrected chi connectivity index (χ2v) is 6.49. The van der Waals surface area contributed by atoms with Crippen LogP contribution < -0.4 is 20.7 Å². The van der Waals surface area contributed by atoms with E-state index in [1.165, 1.54) is 0 Å². The lowest BCUT2D eigenvalue weighted by atomic mass is 9.83. The van der Waals surface area contributed by atoms with E-state index >= 15 is 0 Å². The number of fused-ring (bicyclic) bond motifs is 1. The van der Waals surface area contributed by atoms with Crippen LogP contribution in [-0.2, 0) is 15.2 Å². The van der Waals surface area contributed by atoms with Gasteiger partial charge in [-0.25, -0.2) is 0 Å². The van der Waals surface area contributed by atoms with Crippen molar-refractivity contribution in [2.45, 2.75) is 25.6 Å². The number of benzene rings is 2. The molecule has 7 nitrogen and oxygen atoms in total. The fourth-order valence-corrected chi connectivity index (χ4v) is 3.21. The zero-order valence-corrected chi connectivity index (χ0v) is 15.1. The van der Waals surface area contributed by atoms with Crippen LogP contribution in [0.4, 0.5) is 0 Å². The molecular weight excluding hydrogens is 349 g/mol. The zero-order valence-electron chi connectivity index (χ0n) is 15.1. The van der Waals surface area contributed by atoms with Crippen molar-refractivity contribution in [3.05, 3.63) is 47.5 Å². The Kier molecular flexibility index (Phi) is 5.69. The summed E-state index contributed by atoms with van der Waals surface area (Å²) in [5.41, 5.74) is 7.38. The molecule has 1 atom stereocenters. The van der Waals surface area contributed by atoms with E-state index in [0.29, 0.717) is 47.0 Å². The highest BCUT2D eigenvalue weighted by Crippen LogP contribution is 2.35. The zero-order chi connectivity index (χ0) is 19.4. The van der Waals surface area contributed by atoms with E-state index in [-0.39, 0.29) is 7.48 Å². The van der Waals surface area contributed by atoms with Crippen molar-refractivity contribution in [2.24, 2.45) is 5.73 Å². The Morgan fingerprint density at radius 1 is 1.26 bits per heavy atom. The molecular formula is C19H22BNO6. The molecule has 0 radical (unpaired) electrons. The van der Waals surface area contributed by atoms with Crippen molar-refractivity contribution < 1.29 is 29.1 Å². The smallest absolute Gasteiger partial charge is 0.313 e. The Balaban J connectivity index is 1.79. The van der Waals surface area contributed by atoms with Crippen LogP contribution in [0.5, 0.6) is 17.2 Å². The molecule has 1 aliphatic heterocycles. The lowest BCUT2D eigenvalue weighted by Crippen LogP contribution is -2.30. The standard InChI is InChI=1S/C19H22BNO6/c1-12-8-15(10-16-18(12)19(24,27-20-16)11-17(22)23)26-14-5-2-4-13(9-14)25-7-3-6-21/h2,4-5,8-10,20,24H,3,6-7,11,21H2,1H3,(H,22,23). The van der Waals surface area contributed by atoms with E-state index < -0.39 is 18.2 Å². The summed E-state index contributed by atoms with van der Waals surface area (Å²) < 4.78 is 16.9. The van der Waals surface area contributed by atoms with Crippen molar-refractivity contribution in [3.63, 3.8) is 0 Å². The van der Waals surface area contributed by atoms with Gasteiger partial charge in [-0.2, -0.15) is 0 Å². The SMILES string of the molecule is Cc1cc(Oc2cccc(OCCCN)c2)cc2c1C(O)(CC(=O)O)OB2. The molecule has 1 heterocycles. The Labute approximate surface area is 157 Å². The Bertz CT molecular complexity index is 843. The molecule has 142 valence electrons. The third kappa shape index (κ3) is 4.41. The minimum Gasteiger partial charge on any atom is -0.493 e. The molecule has 0 fully saturated rings. The Hall–Kier alpha value is -2.55. The number of nitrogens with two attached hydrogens (primary N) is 1. The average Bonchev–Trinajstić information content (AvgIpc) is 2.91. The summed E-state index contributed by atoms with van der Waals surface area (Å²) in [5.74, 6) is -1.05. The highest BCUT2D eigenvalue weighted by Gasteiger charge is 2.42. The number of hydrogen-bond donors (Lipinski definition) is 3. The summed E-state index contributed by atoms with van der Waals surface area (Å²) in [4.78, 5) is 11.0. The van der Waals surface area contributed by atoms with E-state index in [9.17, 15) is 9.90 Å². The summed E-state index contributed by atoms with van der Waals surface area (Å²) in [5, 5.41) is 19.6. The van der Waals surface area contributed by atoms with Gasteiger partial charge in [-0.05, 0) is 55.2 Å². The number of carboxylic acid groups (broad SMARTS) is 1. The van der Waals surface area contributed by atoms with Gasteiger partial charge in [0.15, 0.2) is 5.79 Å². The highest BCUT2D eigenvalue weighted by molar-refractivity contribution is 6.49. The molecule has 0 saturated heterocycles. The first-order valence-corrected chi connectivity index (χ1v) is 8.74. The molecule has 1 aliphatic rings. The number of rotatable bonds is 8. The summed E-state index contributed by atoms with van der Waals surface area (Å²) in [6.45, 7) is 2.90. The van der Waals surface area contributed by atoms with Gasteiger partial charge in [0.25, 0.3) is 0 Å². The molecule has 1 unspecified atom stereocenters. The molecule has 0 aliphatic carbocycles. The maximum atomic E-state index is 11.0. The summed E-state index contributed by atoms with van der Waals surface area (Å²) >= 11 is 0. The fourth-order valence-electron chi connectivity index (χ4n) is 3.21. The summed E-state index contributed by atoms with van der Waals surface area (Å²) in [6, 6.07) is 10.8. The number of carboxylic acids is 1. The molecule has 27 heavy (non-hydrogen) atoms.